The summed E-state index contributed by atoms with van der Waals surface area (Å²) in [6.45, 7) is 0.423. The minimum atomic E-state index is -0.327. The predicted molar refractivity (Wildman–Crippen MR) is 132 cm³/mol. The Morgan fingerprint density at radius 2 is 1.74 bits per heavy atom. The second-order valence-electron chi connectivity index (χ2n) is 6.37. The highest BCUT2D eigenvalue weighted by molar-refractivity contribution is 14.1. The van der Waals surface area contributed by atoms with Gasteiger partial charge in [0.1, 0.15) is 12.4 Å². The molecular formula is C23H20BrIN2O4. The molecule has 3 aromatic rings. The summed E-state index contributed by atoms with van der Waals surface area (Å²) in [5.74, 6) is 1.51. The van der Waals surface area contributed by atoms with Crippen LogP contribution >= 0.6 is 38.5 Å². The SMILES string of the molecule is COc1cc(C(=O)N/N=C\c2ccc(OCc3ccc(Br)cc3)c(OC)c2)ccc1I. The van der Waals surface area contributed by atoms with Crippen molar-refractivity contribution in [2.45, 2.75) is 6.61 Å². The fraction of sp³-hybridized carbons (Fsp3) is 0.130. The molecule has 0 aliphatic rings. The van der Waals surface area contributed by atoms with Gasteiger partial charge in [-0.05, 0) is 82.2 Å². The first-order valence-electron chi connectivity index (χ1n) is 9.22. The van der Waals surface area contributed by atoms with Gasteiger partial charge in [0.25, 0.3) is 5.91 Å². The van der Waals surface area contributed by atoms with Gasteiger partial charge in [-0.3, -0.25) is 4.79 Å². The fourth-order valence-corrected chi connectivity index (χ4v) is 3.48. The average Bonchev–Trinajstić information content (AvgIpc) is 2.79. The molecule has 8 heteroatoms. The minimum absolute atomic E-state index is 0.327. The molecule has 0 atom stereocenters. The number of benzene rings is 3. The molecule has 1 N–H and O–H groups in total. The lowest BCUT2D eigenvalue weighted by Gasteiger charge is -2.11. The van der Waals surface area contributed by atoms with E-state index in [2.05, 4.69) is 49.0 Å². The second-order valence-corrected chi connectivity index (χ2v) is 8.45. The molecule has 0 radical (unpaired) electrons. The number of hydrogen-bond acceptors (Lipinski definition) is 5. The lowest BCUT2D eigenvalue weighted by atomic mass is 10.2. The molecular weight excluding hydrogens is 575 g/mol. The third kappa shape index (κ3) is 6.44. The van der Waals surface area contributed by atoms with Gasteiger partial charge in [-0.1, -0.05) is 28.1 Å². The zero-order valence-electron chi connectivity index (χ0n) is 16.9. The number of carbonyl (C=O) groups excluding carboxylic acids is 1. The van der Waals surface area contributed by atoms with Crippen LogP contribution in [0.5, 0.6) is 17.2 Å². The largest absolute Gasteiger partial charge is 0.496 e. The van der Waals surface area contributed by atoms with Crippen LogP contribution < -0.4 is 19.6 Å². The zero-order valence-corrected chi connectivity index (χ0v) is 20.6. The van der Waals surface area contributed by atoms with Crippen LogP contribution in [-0.4, -0.2) is 26.3 Å². The molecule has 0 saturated carbocycles. The minimum Gasteiger partial charge on any atom is -0.496 e. The normalized spacial score (nSPS) is 10.7. The van der Waals surface area contributed by atoms with Gasteiger partial charge in [-0.25, -0.2) is 5.43 Å². The molecule has 31 heavy (non-hydrogen) atoms. The van der Waals surface area contributed by atoms with Gasteiger partial charge < -0.3 is 14.2 Å². The smallest absolute Gasteiger partial charge is 0.271 e. The number of nitrogens with zero attached hydrogens (tertiary/aromatic N) is 1. The van der Waals surface area contributed by atoms with Gasteiger partial charge in [0.2, 0.25) is 0 Å². The summed E-state index contributed by atoms with van der Waals surface area (Å²) in [4.78, 5) is 12.3. The second kappa shape index (κ2) is 11.1. The molecule has 0 saturated heterocycles. The first-order chi connectivity index (χ1) is 15.0. The maximum absolute atomic E-state index is 12.3. The Bertz CT molecular complexity index is 1090. The Morgan fingerprint density at radius 1 is 1.00 bits per heavy atom. The molecule has 0 spiro atoms. The van der Waals surface area contributed by atoms with E-state index in [0.29, 0.717) is 29.4 Å². The molecule has 0 fully saturated rings. The van der Waals surface area contributed by atoms with Gasteiger partial charge in [0.15, 0.2) is 11.5 Å². The average molecular weight is 595 g/mol. The van der Waals surface area contributed by atoms with Gasteiger partial charge in [-0.2, -0.15) is 5.10 Å². The topological polar surface area (TPSA) is 69.2 Å². The van der Waals surface area contributed by atoms with Gasteiger partial charge in [-0.15, -0.1) is 0 Å². The van der Waals surface area contributed by atoms with Crippen molar-refractivity contribution in [2.75, 3.05) is 14.2 Å². The number of halogens is 2. The van der Waals surface area contributed by atoms with E-state index >= 15 is 0 Å². The number of hydrazone groups is 1. The van der Waals surface area contributed by atoms with Gasteiger partial charge in [0, 0.05) is 10.0 Å². The summed E-state index contributed by atoms with van der Waals surface area (Å²) >= 11 is 5.56. The number of rotatable bonds is 8. The van der Waals surface area contributed by atoms with Crippen LogP contribution in [0.1, 0.15) is 21.5 Å². The summed E-state index contributed by atoms with van der Waals surface area (Å²) in [6.07, 6.45) is 1.54. The molecule has 0 aromatic heterocycles. The van der Waals surface area contributed by atoms with Crippen LogP contribution in [0.25, 0.3) is 0 Å². The Morgan fingerprint density at radius 3 is 2.45 bits per heavy atom. The highest BCUT2D eigenvalue weighted by atomic mass is 127. The Balaban J connectivity index is 1.63. The summed E-state index contributed by atoms with van der Waals surface area (Å²) in [6, 6.07) is 18.6. The summed E-state index contributed by atoms with van der Waals surface area (Å²) in [5.41, 5.74) is 4.78. The van der Waals surface area contributed by atoms with Crippen molar-refractivity contribution in [1.29, 1.82) is 0 Å². The molecule has 6 nitrogen and oxygen atoms in total. The molecule has 0 unspecified atom stereocenters. The maximum atomic E-state index is 12.3. The number of ether oxygens (including phenoxy) is 3. The van der Waals surface area contributed by atoms with Crippen LogP contribution in [-0.2, 0) is 6.61 Å². The lowest BCUT2D eigenvalue weighted by molar-refractivity contribution is 0.0954. The van der Waals surface area contributed by atoms with Crippen molar-refractivity contribution >= 4 is 50.6 Å². The highest BCUT2D eigenvalue weighted by Crippen LogP contribution is 2.28. The van der Waals surface area contributed by atoms with E-state index in [1.165, 1.54) is 0 Å². The summed E-state index contributed by atoms with van der Waals surface area (Å²) in [7, 11) is 3.14. The van der Waals surface area contributed by atoms with Crippen molar-refractivity contribution in [3.63, 3.8) is 0 Å². The van der Waals surface area contributed by atoms with Crippen molar-refractivity contribution in [1.82, 2.24) is 5.43 Å². The van der Waals surface area contributed by atoms with E-state index in [1.807, 2.05) is 42.5 Å². The third-order valence-electron chi connectivity index (χ3n) is 4.29. The standard InChI is InChI=1S/C23H20BrIN2O4/c1-29-21-12-17(6-9-19(21)25)23(28)27-26-13-16-5-10-20(22(11-16)30-2)31-14-15-3-7-18(24)8-4-15/h3-13H,14H2,1-2H3,(H,27,28)/b26-13-. The molecule has 0 aliphatic carbocycles. The van der Waals surface area contributed by atoms with Crippen molar-refractivity contribution in [3.8, 4) is 17.2 Å². The lowest BCUT2D eigenvalue weighted by Crippen LogP contribution is -2.17. The number of carbonyl (C=O) groups is 1. The number of nitrogens with one attached hydrogen (secondary N) is 1. The van der Waals surface area contributed by atoms with E-state index < -0.39 is 0 Å². The van der Waals surface area contributed by atoms with Crippen LogP contribution in [0.3, 0.4) is 0 Å². The molecule has 0 bridgehead atoms. The number of methoxy groups -OCH3 is 2. The third-order valence-corrected chi connectivity index (χ3v) is 5.71. The molecule has 3 rings (SSSR count). The van der Waals surface area contributed by atoms with E-state index in [0.717, 1.165) is 19.2 Å². The van der Waals surface area contributed by atoms with E-state index in [4.69, 9.17) is 14.2 Å². The van der Waals surface area contributed by atoms with Crippen LogP contribution in [0.4, 0.5) is 0 Å². The monoisotopic (exact) mass is 594 g/mol. The maximum Gasteiger partial charge on any atom is 0.271 e. The number of amides is 1. The van der Waals surface area contributed by atoms with Gasteiger partial charge >= 0.3 is 0 Å². The van der Waals surface area contributed by atoms with Crippen LogP contribution in [0, 0.1) is 3.57 Å². The van der Waals surface area contributed by atoms with Crippen molar-refractivity contribution < 1.29 is 19.0 Å². The zero-order chi connectivity index (χ0) is 22.2. The molecule has 3 aromatic carbocycles. The first kappa shape index (κ1) is 23.1. The highest BCUT2D eigenvalue weighted by Gasteiger charge is 2.09. The Kier molecular flexibility index (Phi) is 8.30. The molecule has 1 amide bonds. The quantitative estimate of drug-likeness (QED) is 0.215. The van der Waals surface area contributed by atoms with Crippen LogP contribution in [0.15, 0.2) is 70.2 Å². The summed E-state index contributed by atoms with van der Waals surface area (Å²) < 4.78 is 18.5. The molecule has 0 heterocycles. The van der Waals surface area contributed by atoms with E-state index in [1.54, 1.807) is 38.6 Å². The Labute approximate surface area is 202 Å². The number of hydrogen-bond donors (Lipinski definition) is 1. The Hall–Kier alpha value is -2.59. The van der Waals surface area contributed by atoms with Crippen molar-refractivity contribution in [3.05, 3.63) is 85.4 Å². The van der Waals surface area contributed by atoms with Crippen molar-refractivity contribution in [2.24, 2.45) is 5.10 Å². The molecule has 0 aliphatic heterocycles. The fourth-order valence-electron chi connectivity index (χ4n) is 2.66. The van der Waals surface area contributed by atoms with Crippen LogP contribution in [0.2, 0.25) is 0 Å². The summed E-state index contributed by atoms with van der Waals surface area (Å²) in [5, 5.41) is 4.03. The van der Waals surface area contributed by atoms with Gasteiger partial charge in [0.05, 0.1) is 24.0 Å². The van der Waals surface area contributed by atoms with E-state index in [-0.39, 0.29) is 5.91 Å². The first-order valence-corrected chi connectivity index (χ1v) is 11.1. The van der Waals surface area contributed by atoms with E-state index in [9.17, 15) is 4.79 Å². The molecule has 160 valence electrons. The predicted octanol–water partition coefficient (Wildman–Crippen LogP) is 5.41.